The summed E-state index contributed by atoms with van der Waals surface area (Å²) in [5.74, 6) is -0.586. The highest BCUT2D eigenvalue weighted by molar-refractivity contribution is 5.80. The van der Waals surface area contributed by atoms with Crippen molar-refractivity contribution in [1.29, 1.82) is 0 Å². The summed E-state index contributed by atoms with van der Waals surface area (Å²) in [5, 5.41) is 9.43. The smallest absolute Gasteiger partial charge is 0.221 e. The minimum atomic E-state index is -0.787. The minimum Gasteiger partial charge on any atom is -0.349 e. The zero-order valence-electron chi connectivity index (χ0n) is 18.3. The van der Waals surface area contributed by atoms with E-state index in [2.05, 4.69) is 20.3 Å². The van der Waals surface area contributed by atoms with Gasteiger partial charge in [-0.15, -0.1) is 5.10 Å². The van der Waals surface area contributed by atoms with E-state index in [1.807, 2.05) is 54.9 Å². The van der Waals surface area contributed by atoms with E-state index in [9.17, 15) is 4.39 Å². The molecular formula is C24H23FN6O2. The number of imidazole rings is 1. The maximum absolute atomic E-state index is 14.6. The normalized spacial score (nSPS) is 11.8. The second-order valence-electron chi connectivity index (χ2n) is 7.55. The van der Waals surface area contributed by atoms with Crippen LogP contribution in [0.2, 0.25) is 0 Å². The van der Waals surface area contributed by atoms with Crippen LogP contribution in [0, 0.1) is 5.95 Å². The number of nitrogens with zero attached hydrogens (tertiary/aromatic N) is 6. The third-order valence-electron chi connectivity index (χ3n) is 5.36. The standard InChI is InChI=1S/C24H23FN6O2/c1-3-32-24(33-4-2)19-11-17-10-16(7-8-20(17)27-23(19)25)13-31-14-21(28-29-31)18-6-5-9-30-15-26-12-22(18)30/h5-12,14-15,24H,3-4,13H2,1-2H3. The van der Waals surface area contributed by atoms with Crippen molar-refractivity contribution >= 4 is 16.4 Å². The number of pyridine rings is 2. The van der Waals surface area contributed by atoms with Gasteiger partial charge in [0.15, 0.2) is 6.29 Å². The molecule has 0 aliphatic carbocycles. The lowest BCUT2D eigenvalue weighted by Gasteiger charge is -2.18. The monoisotopic (exact) mass is 446 g/mol. The maximum atomic E-state index is 14.6. The molecule has 0 amide bonds. The first kappa shape index (κ1) is 21.2. The van der Waals surface area contributed by atoms with Crippen LogP contribution in [0.4, 0.5) is 4.39 Å². The largest absolute Gasteiger partial charge is 0.349 e. The number of hydrogen-bond acceptors (Lipinski definition) is 6. The van der Waals surface area contributed by atoms with Crippen molar-refractivity contribution in [3.63, 3.8) is 0 Å². The lowest BCUT2D eigenvalue weighted by atomic mass is 10.1. The third kappa shape index (κ3) is 4.20. The summed E-state index contributed by atoms with van der Waals surface area (Å²) >= 11 is 0. The van der Waals surface area contributed by atoms with Crippen molar-refractivity contribution in [3.8, 4) is 11.3 Å². The van der Waals surface area contributed by atoms with E-state index in [4.69, 9.17) is 9.47 Å². The molecule has 0 unspecified atom stereocenters. The highest BCUT2D eigenvalue weighted by Crippen LogP contribution is 2.26. The Hall–Kier alpha value is -3.69. The van der Waals surface area contributed by atoms with Gasteiger partial charge < -0.3 is 13.9 Å². The summed E-state index contributed by atoms with van der Waals surface area (Å²) in [7, 11) is 0. The predicted octanol–water partition coefficient (Wildman–Crippen LogP) is 4.40. The van der Waals surface area contributed by atoms with Crippen LogP contribution in [0.1, 0.15) is 31.3 Å². The molecule has 0 bridgehead atoms. The first-order valence-electron chi connectivity index (χ1n) is 10.8. The molecule has 5 aromatic rings. The molecular weight excluding hydrogens is 423 g/mol. The summed E-state index contributed by atoms with van der Waals surface area (Å²) in [6.45, 7) is 5.01. The third-order valence-corrected chi connectivity index (χ3v) is 5.36. The van der Waals surface area contributed by atoms with E-state index in [0.717, 1.165) is 27.7 Å². The quantitative estimate of drug-likeness (QED) is 0.260. The number of halogens is 1. The van der Waals surface area contributed by atoms with Gasteiger partial charge in [-0.1, -0.05) is 11.3 Å². The molecule has 4 heterocycles. The Morgan fingerprint density at radius 1 is 1.09 bits per heavy atom. The van der Waals surface area contributed by atoms with Crippen LogP contribution < -0.4 is 0 Å². The van der Waals surface area contributed by atoms with Gasteiger partial charge in [0.05, 0.1) is 41.9 Å². The zero-order chi connectivity index (χ0) is 22.8. The van der Waals surface area contributed by atoms with E-state index < -0.39 is 12.2 Å². The number of ether oxygens (including phenoxy) is 2. The molecule has 0 aliphatic heterocycles. The van der Waals surface area contributed by atoms with Crippen molar-refractivity contribution < 1.29 is 13.9 Å². The highest BCUT2D eigenvalue weighted by Gasteiger charge is 2.19. The van der Waals surface area contributed by atoms with Crippen molar-refractivity contribution in [2.24, 2.45) is 0 Å². The van der Waals surface area contributed by atoms with Crippen molar-refractivity contribution in [2.45, 2.75) is 26.7 Å². The van der Waals surface area contributed by atoms with E-state index in [1.165, 1.54) is 0 Å². The molecule has 0 fully saturated rings. The van der Waals surface area contributed by atoms with Gasteiger partial charge in [0, 0.05) is 30.4 Å². The SMILES string of the molecule is CCOC(OCC)c1cc2cc(Cn3cc(-c4cccn5cncc45)nn3)ccc2nc1F. The van der Waals surface area contributed by atoms with Gasteiger partial charge >= 0.3 is 0 Å². The summed E-state index contributed by atoms with van der Waals surface area (Å²) in [4.78, 5) is 8.30. The van der Waals surface area contributed by atoms with Crippen LogP contribution in [0.3, 0.4) is 0 Å². The fraction of sp³-hybridized carbons (Fsp3) is 0.250. The Kier molecular flexibility index (Phi) is 5.80. The first-order valence-corrected chi connectivity index (χ1v) is 10.8. The van der Waals surface area contributed by atoms with Gasteiger partial charge in [-0.2, -0.15) is 4.39 Å². The lowest BCUT2D eigenvalue weighted by molar-refractivity contribution is -0.142. The van der Waals surface area contributed by atoms with E-state index in [1.54, 1.807) is 29.3 Å². The van der Waals surface area contributed by atoms with Crippen molar-refractivity contribution in [1.82, 2.24) is 29.4 Å². The number of rotatable bonds is 8. The number of benzene rings is 1. The highest BCUT2D eigenvalue weighted by atomic mass is 19.1. The Labute approximate surface area is 189 Å². The molecule has 0 atom stereocenters. The van der Waals surface area contributed by atoms with Gasteiger partial charge in [0.25, 0.3) is 0 Å². The van der Waals surface area contributed by atoms with Gasteiger partial charge in [0.2, 0.25) is 5.95 Å². The summed E-state index contributed by atoms with van der Waals surface area (Å²) in [6, 6.07) is 11.4. The zero-order valence-corrected chi connectivity index (χ0v) is 18.3. The Balaban J connectivity index is 1.44. The average Bonchev–Trinajstić information content (AvgIpc) is 3.48. The summed E-state index contributed by atoms with van der Waals surface area (Å²) in [6.07, 6.45) is 6.62. The topological polar surface area (TPSA) is 79.4 Å². The van der Waals surface area contributed by atoms with Crippen LogP contribution in [0.15, 0.2) is 61.3 Å². The minimum absolute atomic E-state index is 0.292. The fourth-order valence-corrected chi connectivity index (χ4v) is 3.87. The summed E-state index contributed by atoms with van der Waals surface area (Å²) < 4.78 is 29.5. The second-order valence-corrected chi connectivity index (χ2v) is 7.55. The van der Waals surface area contributed by atoms with Crippen LogP contribution >= 0.6 is 0 Å². The van der Waals surface area contributed by atoms with Gasteiger partial charge in [-0.05, 0) is 49.7 Å². The van der Waals surface area contributed by atoms with Crippen LogP contribution in [-0.4, -0.2) is 42.6 Å². The molecule has 5 rings (SSSR count). The van der Waals surface area contributed by atoms with Crippen LogP contribution in [0.25, 0.3) is 27.7 Å². The molecule has 0 N–H and O–H groups in total. The Morgan fingerprint density at radius 2 is 1.94 bits per heavy atom. The van der Waals surface area contributed by atoms with Crippen molar-refractivity contribution in [3.05, 3.63) is 78.4 Å². The molecule has 0 aliphatic rings. The maximum Gasteiger partial charge on any atom is 0.221 e. The van der Waals surface area contributed by atoms with Gasteiger partial charge in [-0.3, -0.25) is 0 Å². The van der Waals surface area contributed by atoms with Gasteiger partial charge in [0.1, 0.15) is 5.69 Å². The first-order chi connectivity index (χ1) is 16.2. The lowest BCUT2D eigenvalue weighted by Crippen LogP contribution is -2.12. The molecule has 0 saturated heterocycles. The van der Waals surface area contributed by atoms with Gasteiger partial charge in [-0.25, -0.2) is 14.6 Å². The van der Waals surface area contributed by atoms with Crippen LogP contribution in [0.5, 0.6) is 0 Å². The predicted molar refractivity (Wildman–Crippen MR) is 121 cm³/mol. The Bertz CT molecular complexity index is 1410. The number of hydrogen-bond donors (Lipinski definition) is 0. The molecule has 0 radical (unpaired) electrons. The molecule has 168 valence electrons. The second kappa shape index (κ2) is 9.05. The molecule has 0 saturated carbocycles. The fourth-order valence-electron chi connectivity index (χ4n) is 3.87. The number of aromatic nitrogens is 6. The average molecular weight is 446 g/mol. The molecule has 0 spiro atoms. The number of fused-ring (bicyclic) bond motifs is 2. The molecule has 33 heavy (non-hydrogen) atoms. The van der Waals surface area contributed by atoms with Crippen LogP contribution in [-0.2, 0) is 16.0 Å². The molecule has 1 aromatic carbocycles. The molecule has 9 heteroatoms. The van der Waals surface area contributed by atoms with Crippen molar-refractivity contribution in [2.75, 3.05) is 13.2 Å². The summed E-state index contributed by atoms with van der Waals surface area (Å²) in [5.41, 5.74) is 4.55. The van der Waals surface area contributed by atoms with E-state index >= 15 is 0 Å². The molecule has 8 nitrogen and oxygen atoms in total. The van der Waals surface area contributed by atoms with E-state index in [0.29, 0.717) is 30.8 Å². The molecule has 4 aromatic heterocycles. The van der Waals surface area contributed by atoms with E-state index in [-0.39, 0.29) is 0 Å². The Morgan fingerprint density at radius 3 is 2.76 bits per heavy atom.